The number of hydrogen-bond acceptors (Lipinski definition) is 24. The summed E-state index contributed by atoms with van der Waals surface area (Å²) in [5.41, 5.74) is 3.10. The Balaban J connectivity index is 0.000000160. The molecule has 144 heavy (non-hydrogen) atoms. The fraction of sp³-hybridized carbons (Fsp3) is 0.444. The lowest BCUT2D eigenvalue weighted by Gasteiger charge is -2.35. The van der Waals surface area contributed by atoms with E-state index in [2.05, 4.69) is 16.0 Å². The van der Waals surface area contributed by atoms with E-state index >= 15 is 4.39 Å². The molecule has 0 spiro atoms. The molecule has 760 valence electrons. The van der Waals surface area contributed by atoms with Crippen molar-refractivity contribution >= 4 is 82.3 Å². The molecular weight excluding hydrogens is 1860 g/mol. The average Bonchev–Trinajstić information content (AvgIpc) is 1.57. The molecule has 0 aromatic heterocycles. The maximum atomic E-state index is 15.0. The van der Waals surface area contributed by atoms with Gasteiger partial charge >= 0.3 is 0 Å². The van der Waals surface area contributed by atoms with Crippen LogP contribution >= 0.6 is 0 Å². The van der Waals surface area contributed by atoms with Crippen LogP contribution in [0.25, 0.3) is 0 Å². The van der Waals surface area contributed by atoms with Crippen molar-refractivity contribution < 1.29 is 156 Å². The molecule has 32 nitrogen and oxygen atoms in total. The monoisotopic (exact) mass is 2020 g/mol. The van der Waals surface area contributed by atoms with Crippen molar-refractivity contribution in [2.24, 2.45) is 0 Å². The van der Waals surface area contributed by atoms with Gasteiger partial charge in [0.15, 0.2) is 0 Å². The first-order valence-electron chi connectivity index (χ1n) is 64.0. The quantitative estimate of drug-likeness (QED) is 0.0242. The van der Waals surface area contributed by atoms with E-state index < -0.39 is 296 Å². The molecule has 36 heteroatoms. The van der Waals surface area contributed by atoms with Gasteiger partial charge in [-0.1, -0.05) is 48.5 Å². The minimum Gasteiger partial charge on any atom is -0.488 e. The van der Waals surface area contributed by atoms with Crippen LogP contribution in [0, 0.1) is 23.3 Å². The minimum absolute atomic E-state index is 0.0291. The number of fused-ring (bicyclic) bond motifs is 4. The highest BCUT2D eigenvalue weighted by Crippen LogP contribution is 2.40. The molecular formula is C108H122F4N14O18. The Kier molecular flexibility index (Phi) is 20.2. The molecule has 0 radical (unpaired) electrons. The third kappa shape index (κ3) is 24.2. The summed E-state index contributed by atoms with van der Waals surface area (Å²) < 4.78 is 408. The average molecular weight is 2020 g/mol. The van der Waals surface area contributed by atoms with Crippen molar-refractivity contribution in [1.29, 1.82) is 0 Å². The van der Waals surface area contributed by atoms with Crippen molar-refractivity contribution in [1.82, 2.24) is 60.5 Å². The number of imide groups is 4. The second-order valence-corrected chi connectivity index (χ2v) is 34.1. The third-order valence-corrected chi connectivity index (χ3v) is 23.6. The zero-order valence-corrected chi connectivity index (χ0v) is 78.3. The number of piperidine rings is 4. The van der Waals surface area contributed by atoms with Crippen molar-refractivity contribution in [2.75, 3.05) is 62.6 Å². The van der Waals surface area contributed by atoms with Gasteiger partial charge in [-0.2, -0.15) is 0 Å². The molecule has 8 fully saturated rings. The number of morpholine rings is 4. The molecule has 0 bridgehead atoms. The molecule has 12 aliphatic heterocycles. The van der Waals surface area contributed by atoms with Gasteiger partial charge in [0.25, 0.3) is 23.6 Å². The summed E-state index contributed by atoms with van der Waals surface area (Å²) >= 11 is 0. The fourth-order valence-corrected chi connectivity index (χ4v) is 17.3. The smallest absolute Gasteiger partial charge is 0.255 e. The Hall–Kier alpha value is -13.2. The van der Waals surface area contributed by atoms with Gasteiger partial charge in [-0.05, 0) is 200 Å². The number of carbonyl (C=O) groups excluding carboxylic acids is 12. The van der Waals surface area contributed by atoms with E-state index in [0.29, 0.717) is 36.4 Å². The van der Waals surface area contributed by atoms with Crippen LogP contribution in [0.1, 0.15) is 267 Å². The highest BCUT2D eigenvalue weighted by molar-refractivity contribution is 6.09. The number of nitrogens with one attached hydrogen (secondary N) is 6. The lowest BCUT2D eigenvalue weighted by atomic mass is 10.0. The van der Waals surface area contributed by atoms with E-state index in [9.17, 15) is 70.7 Å². The van der Waals surface area contributed by atoms with Gasteiger partial charge in [0.05, 0.1) is 75.4 Å². The molecule has 12 heterocycles. The van der Waals surface area contributed by atoms with Gasteiger partial charge in [0.1, 0.15) is 72.1 Å². The summed E-state index contributed by atoms with van der Waals surface area (Å²) in [6.45, 7) is -17.1. The predicted octanol–water partition coefficient (Wildman–Crippen LogP) is 11.2. The SMILES string of the molecule is [2H]C1(C)OC([2H])(C)C([2H])([2H])N(Cc2ccc(F)c(CNc3cccc4c3CN(C3([2H])C(=O)NC(=O)C([2H])([2H])C3([2H])[2H])C4=O)c2)C1([2H])[2H].[2H]C1(C)OC([2H])(C)C([2H])([2H])N(Cc2ccc(F)c(CNc3cccc4c3CN(C3C(=O)NC(=O)C([2H])([2H])C3([2H])[2H])C4=O)c2)C1([2H])[2H].[2H]C1(C)OC([2H])(C)C([2H])([2H])N(Cc2ccc(F)c(COc3cccc4c3CN(C3C(=O)NC(=O)C([2H])([2H])C3([2H])[2H])C4=O)c2)C1([2H])[2H].[2H]C1(N2Cc3c(OCc4cc(CN5C([2H])([2H])C([2H])(C)OC([2H])(C)C5([2H])[2H])ccc4F)cccc3C2=O)CCC(=O)NC1=O. The van der Waals surface area contributed by atoms with Crippen LogP contribution in [0.2, 0.25) is 0 Å². The van der Waals surface area contributed by atoms with E-state index in [0.717, 1.165) is 99.3 Å². The molecule has 8 aromatic carbocycles. The second-order valence-electron chi connectivity index (χ2n) is 34.1. The summed E-state index contributed by atoms with van der Waals surface area (Å²) in [7, 11) is 0. The minimum atomic E-state index is -3.45. The van der Waals surface area contributed by atoms with Crippen LogP contribution in [0.3, 0.4) is 0 Å². The number of rotatable bonds is 24. The lowest BCUT2D eigenvalue weighted by Crippen LogP contribution is -2.52. The second kappa shape index (κ2) is 45.0. The highest BCUT2D eigenvalue weighted by atomic mass is 19.1. The van der Waals surface area contributed by atoms with Crippen LogP contribution in [-0.4, -0.2) is 235 Å². The van der Waals surface area contributed by atoms with Crippen molar-refractivity contribution in [2.45, 2.75) is 258 Å². The summed E-state index contributed by atoms with van der Waals surface area (Å²) in [5.74, 6) is -15.3. The highest BCUT2D eigenvalue weighted by Gasteiger charge is 2.46. The van der Waals surface area contributed by atoms with E-state index in [4.69, 9.17) is 80.5 Å². The van der Waals surface area contributed by atoms with E-state index in [1.807, 2.05) is 0 Å². The first-order chi connectivity index (χ1) is 83.1. The normalized spacial score (nSPS) is 38.5. The van der Waals surface area contributed by atoms with Crippen LogP contribution < -0.4 is 41.4 Å². The Morgan fingerprint density at radius 1 is 0.347 bits per heavy atom. The maximum absolute atomic E-state index is 15.0. The molecule has 20 rings (SSSR count). The number of nitrogens with zero attached hydrogens (tertiary/aromatic N) is 8. The van der Waals surface area contributed by atoms with Crippen molar-refractivity contribution in [3.05, 3.63) is 258 Å². The number of benzene rings is 8. The molecule has 8 aromatic rings. The number of anilines is 2. The fourth-order valence-electron chi connectivity index (χ4n) is 17.3. The van der Waals surface area contributed by atoms with Gasteiger partial charge in [-0.3, -0.25) is 98.4 Å². The molecule has 6 N–H and O–H groups in total. The van der Waals surface area contributed by atoms with Crippen molar-refractivity contribution in [3.8, 4) is 11.5 Å². The number of ether oxygens (including phenoxy) is 6. The molecule has 0 aliphatic carbocycles. The Morgan fingerprint density at radius 3 is 1.01 bits per heavy atom. The summed E-state index contributed by atoms with van der Waals surface area (Å²) in [6, 6.07) is 23.7. The van der Waals surface area contributed by atoms with Crippen LogP contribution in [0.15, 0.2) is 146 Å². The number of hydrogen-bond donors (Lipinski definition) is 6. The molecule has 12 amide bonds. The molecule has 8 saturated heterocycles. The first kappa shape index (κ1) is 64.5. The predicted molar refractivity (Wildman–Crippen MR) is 520 cm³/mol. The Labute approximate surface area is 886 Å². The number of amides is 12. The molecule has 12 atom stereocenters. The summed E-state index contributed by atoms with van der Waals surface area (Å²) in [5, 5.41) is 13.3. The number of halogens is 4. The van der Waals surface area contributed by atoms with Gasteiger partial charge in [0.2, 0.25) is 47.3 Å². The van der Waals surface area contributed by atoms with E-state index in [1.165, 1.54) is 103 Å². The zero-order valence-electron chi connectivity index (χ0n) is 116. The topological polar surface area (TPSA) is 358 Å². The standard InChI is InChI=1S/2C27H31FN4O4.2C27H30FN3O5/c2*1-16-12-31(13-17(2)36-16)14-18-6-7-22(28)19(10-18)11-29-23-5-3-4-20-21(23)15-32(27(20)35)24-8-9-25(33)30-26(24)34;2*1-16-11-30(12-17(2)36-16)13-18-6-7-22(28)19(10-18)15-35-24-5-3-4-20-21(24)14-31(27(20)34)23-8-9-25(32)29-26(23)33/h2*3-7,10,16-17,24,29H,8-9,11-15H2,1-2H3,(H,30,33,34);2*3-7,10,16-17,23H,8-9,11-15H2,1-2H3,(H,29,32,33)/i8D2,9D2,12D2,13D2,16D,17D,24D;8D2,9D2,12D2,13D2,16D,17D;8D2,9D2,11D2,12D2,16D,17D;11D2,12D2,16D,17D,23D. The van der Waals surface area contributed by atoms with E-state index in [1.54, 1.807) is 34.1 Å². The Bertz CT molecular complexity index is 8030. The molecule has 0 saturated carbocycles. The van der Waals surface area contributed by atoms with Gasteiger partial charge < -0.3 is 58.7 Å². The zero-order chi connectivity index (χ0) is 136. The van der Waals surface area contributed by atoms with Crippen LogP contribution in [0.4, 0.5) is 28.9 Å². The summed E-state index contributed by atoms with van der Waals surface area (Å²) in [6.07, 6.45) is -37.9. The Morgan fingerprint density at radius 2 is 0.639 bits per heavy atom. The van der Waals surface area contributed by atoms with Crippen LogP contribution in [0.5, 0.6) is 11.5 Å². The molecule has 12 aliphatic rings. The summed E-state index contributed by atoms with van der Waals surface area (Å²) in [4.78, 5) is 158. The van der Waals surface area contributed by atoms with Gasteiger partial charge in [-0.15, -0.1) is 0 Å². The van der Waals surface area contributed by atoms with Gasteiger partial charge in [-0.25, -0.2) is 17.6 Å². The number of carbonyl (C=O) groups is 12. The van der Waals surface area contributed by atoms with E-state index in [-0.39, 0.29) is 147 Å². The van der Waals surface area contributed by atoms with Gasteiger partial charge in [0, 0.05) is 246 Å². The van der Waals surface area contributed by atoms with Crippen LogP contribution in [-0.2, 0) is 136 Å². The maximum Gasteiger partial charge on any atom is 0.255 e. The molecule has 12 unspecified atom stereocenters. The lowest BCUT2D eigenvalue weighted by molar-refractivity contribution is -0.138. The first-order valence-corrected chi connectivity index (χ1v) is 45.0. The largest absolute Gasteiger partial charge is 0.488 e. The van der Waals surface area contributed by atoms with Crippen molar-refractivity contribution in [3.63, 3.8) is 0 Å². The third-order valence-electron chi connectivity index (χ3n) is 23.6.